The summed E-state index contributed by atoms with van der Waals surface area (Å²) in [4.78, 5) is 0. The molecule has 0 saturated carbocycles. The molecule has 0 aromatic heterocycles. The van der Waals surface area contributed by atoms with Gasteiger partial charge in [0.2, 0.25) is 0 Å². The molecule has 1 rings (SSSR count). The van der Waals surface area contributed by atoms with Gasteiger partial charge in [-0.25, -0.2) is 0 Å². The lowest BCUT2D eigenvalue weighted by Gasteiger charge is -2.08. The predicted octanol–water partition coefficient (Wildman–Crippen LogP) is -0.215. The molecule has 0 spiro atoms. The molecule has 4 heteroatoms. The largest absolute Gasteiger partial charge is 0.384 e. The second kappa shape index (κ2) is 2.88. The standard InChI is InChI=1S/C6H13N3O/c1-4-2-3-5(10-4)6(7)9-8/h4-5H,2-3,8H2,1H3,(H2,7,9). The first kappa shape index (κ1) is 7.34. The van der Waals surface area contributed by atoms with Crippen molar-refractivity contribution in [1.82, 2.24) is 0 Å². The van der Waals surface area contributed by atoms with E-state index in [1.807, 2.05) is 6.92 Å². The molecule has 10 heavy (non-hydrogen) atoms. The Kier molecular flexibility index (Phi) is 2.11. The molecule has 0 aliphatic carbocycles. The fourth-order valence-corrected chi connectivity index (χ4v) is 1.10. The average Bonchev–Trinajstić information content (AvgIpc) is 2.34. The summed E-state index contributed by atoms with van der Waals surface area (Å²) in [6, 6.07) is 0. The zero-order valence-corrected chi connectivity index (χ0v) is 6.08. The summed E-state index contributed by atoms with van der Waals surface area (Å²) < 4.78 is 5.38. The van der Waals surface area contributed by atoms with E-state index >= 15 is 0 Å². The lowest BCUT2D eigenvalue weighted by Crippen LogP contribution is -2.29. The predicted molar refractivity (Wildman–Crippen MR) is 39.4 cm³/mol. The maximum Gasteiger partial charge on any atom is 0.148 e. The van der Waals surface area contributed by atoms with Gasteiger partial charge >= 0.3 is 0 Å². The number of ether oxygens (including phenoxy) is 1. The molecule has 58 valence electrons. The van der Waals surface area contributed by atoms with Crippen LogP contribution in [0, 0.1) is 0 Å². The van der Waals surface area contributed by atoms with E-state index in [4.69, 9.17) is 16.3 Å². The van der Waals surface area contributed by atoms with Crippen LogP contribution in [0.1, 0.15) is 19.8 Å². The molecule has 1 aliphatic rings. The van der Waals surface area contributed by atoms with Crippen LogP contribution in [0.3, 0.4) is 0 Å². The highest BCUT2D eigenvalue weighted by atomic mass is 16.5. The first-order valence-electron chi connectivity index (χ1n) is 3.42. The summed E-state index contributed by atoms with van der Waals surface area (Å²) in [5.41, 5.74) is 5.44. The second-order valence-corrected chi connectivity index (χ2v) is 2.57. The van der Waals surface area contributed by atoms with Gasteiger partial charge in [0, 0.05) is 0 Å². The molecule has 0 bridgehead atoms. The maximum atomic E-state index is 5.44. The van der Waals surface area contributed by atoms with Crippen LogP contribution in [0.4, 0.5) is 0 Å². The quantitative estimate of drug-likeness (QED) is 0.231. The number of hydrogen-bond donors (Lipinski definition) is 2. The topological polar surface area (TPSA) is 73.6 Å². The summed E-state index contributed by atoms with van der Waals surface area (Å²) in [6.45, 7) is 2.02. The fourth-order valence-electron chi connectivity index (χ4n) is 1.10. The molecule has 1 fully saturated rings. The van der Waals surface area contributed by atoms with E-state index in [-0.39, 0.29) is 6.10 Å². The molecular weight excluding hydrogens is 130 g/mol. The van der Waals surface area contributed by atoms with E-state index < -0.39 is 0 Å². The van der Waals surface area contributed by atoms with Crippen molar-refractivity contribution in [2.24, 2.45) is 16.7 Å². The Hall–Kier alpha value is -0.770. The Balaban J connectivity index is 2.45. The third kappa shape index (κ3) is 1.39. The zero-order valence-electron chi connectivity index (χ0n) is 6.08. The molecule has 0 aromatic carbocycles. The lowest BCUT2D eigenvalue weighted by molar-refractivity contribution is 0.0928. The van der Waals surface area contributed by atoms with Crippen LogP contribution in [0.25, 0.3) is 0 Å². The zero-order chi connectivity index (χ0) is 7.56. The van der Waals surface area contributed by atoms with Gasteiger partial charge in [-0.15, -0.1) is 0 Å². The molecule has 0 radical (unpaired) electrons. The molecule has 4 N–H and O–H groups in total. The van der Waals surface area contributed by atoms with Crippen LogP contribution in [-0.2, 0) is 4.74 Å². The second-order valence-electron chi connectivity index (χ2n) is 2.57. The summed E-state index contributed by atoms with van der Waals surface area (Å²) in [6.07, 6.45) is 2.24. The van der Waals surface area contributed by atoms with E-state index in [0.29, 0.717) is 11.9 Å². The van der Waals surface area contributed by atoms with Gasteiger partial charge in [0.05, 0.1) is 6.10 Å². The van der Waals surface area contributed by atoms with Crippen molar-refractivity contribution in [2.75, 3.05) is 0 Å². The highest BCUT2D eigenvalue weighted by Crippen LogP contribution is 2.18. The van der Waals surface area contributed by atoms with Crippen LogP contribution in [0.2, 0.25) is 0 Å². The number of amidine groups is 1. The molecule has 1 heterocycles. The number of nitrogens with two attached hydrogens (primary N) is 2. The normalized spacial score (nSPS) is 34.7. The highest BCUT2D eigenvalue weighted by molar-refractivity contribution is 5.84. The van der Waals surface area contributed by atoms with Crippen molar-refractivity contribution in [3.05, 3.63) is 0 Å². The molecule has 2 atom stereocenters. The van der Waals surface area contributed by atoms with Gasteiger partial charge in [-0.05, 0) is 19.8 Å². The smallest absolute Gasteiger partial charge is 0.148 e. The SMILES string of the molecule is CC1CCC(C(N)=NN)O1. The summed E-state index contributed by atoms with van der Waals surface area (Å²) in [7, 11) is 0. The minimum absolute atomic E-state index is 0.0417. The minimum atomic E-state index is -0.0417. The Morgan fingerprint density at radius 3 is 2.70 bits per heavy atom. The lowest BCUT2D eigenvalue weighted by atomic mass is 10.2. The van der Waals surface area contributed by atoms with Crippen LogP contribution < -0.4 is 11.6 Å². The van der Waals surface area contributed by atoms with Gasteiger partial charge in [0.25, 0.3) is 0 Å². The first-order valence-corrected chi connectivity index (χ1v) is 3.42. The number of rotatable bonds is 1. The Morgan fingerprint density at radius 1 is 1.60 bits per heavy atom. The van der Waals surface area contributed by atoms with Gasteiger partial charge < -0.3 is 16.3 Å². The summed E-state index contributed by atoms with van der Waals surface area (Å²) in [5.74, 6) is 5.39. The summed E-state index contributed by atoms with van der Waals surface area (Å²) in [5, 5.41) is 3.37. The van der Waals surface area contributed by atoms with E-state index in [2.05, 4.69) is 5.10 Å². The average molecular weight is 143 g/mol. The van der Waals surface area contributed by atoms with Crippen molar-refractivity contribution in [2.45, 2.75) is 32.0 Å². The number of hydrogen-bond acceptors (Lipinski definition) is 3. The Labute approximate surface area is 60.2 Å². The van der Waals surface area contributed by atoms with E-state index in [9.17, 15) is 0 Å². The van der Waals surface area contributed by atoms with Crippen molar-refractivity contribution < 1.29 is 4.74 Å². The maximum absolute atomic E-state index is 5.44. The van der Waals surface area contributed by atoms with Gasteiger partial charge in [0.15, 0.2) is 0 Å². The van der Waals surface area contributed by atoms with E-state index in [1.54, 1.807) is 0 Å². The number of hydrazone groups is 1. The molecule has 2 unspecified atom stereocenters. The van der Waals surface area contributed by atoms with Crippen molar-refractivity contribution in [3.63, 3.8) is 0 Å². The third-order valence-corrected chi connectivity index (χ3v) is 1.71. The molecule has 1 aliphatic heterocycles. The summed E-state index contributed by atoms with van der Waals surface area (Å²) >= 11 is 0. The molecule has 4 nitrogen and oxygen atoms in total. The molecule has 1 saturated heterocycles. The highest BCUT2D eigenvalue weighted by Gasteiger charge is 2.24. The van der Waals surface area contributed by atoms with Crippen LogP contribution in [0.15, 0.2) is 5.10 Å². The van der Waals surface area contributed by atoms with Crippen molar-refractivity contribution >= 4 is 5.84 Å². The van der Waals surface area contributed by atoms with Crippen molar-refractivity contribution in [3.8, 4) is 0 Å². The minimum Gasteiger partial charge on any atom is -0.384 e. The Morgan fingerprint density at radius 2 is 2.30 bits per heavy atom. The van der Waals surface area contributed by atoms with E-state index in [0.717, 1.165) is 12.8 Å². The molecule has 0 aromatic rings. The van der Waals surface area contributed by atoms with E-state index in [1.165, 1.54) is 0 Å². The first-order chi connectivity index (χ1) is 4.74. The Bertz CT molecular complexity index is 146. The van der Waals surface area contributed by atoms with Gasteiger partial charge in [0.1, 0.15) is 11.9 Å². The third-order valence-electron chi connectivity index (χ3n) is 1.71. The van der Waals surface area contributed by atoms with Crippen LogP contribution >= 0.6 is 0 Å². The van der Waals surface area contributed by atoms with Crippen LogP contribution in [0.5, 0.6) is 0 Å². The van der Waals surface area contributed by atoms with Crippen molar-refractivity contribution in [1.29, 1.82) is 0 Å². The molecule has 0 amide bonds. The van der Waals surface area contributed by atoms with Gasteiger partial charge in [-0.3, -0.25) is 0 Å². The molecular formula is C6H13N3O. The van der Waals surface area contributed by atoms with Crippen LogP contribution in [-0.4, -0.2) is 18.0 Å². The number of nitrogens with zero attached hydrogens (tertiary/aromatic N) is 1. The monoisotopic (exact) mass is 143 g/mol. The fraction of sp³-hybridized carbons (Fsp3) is 0.833. The van der Waals surface area contributed by atoms with Gasteiger partial charge in [-0.1, -0.05) is 0 Å². The van der Waals surface area contributed by atoms with Gasteiger partial charge in [-0.2, -0.15) is 5.10 Å².